The van der Waals surface area contributed by atoms with Crippen LogP contribution >= 0.6 is 11.6 Å². The van der Waals surface area contributed by atoms with Crippen molar-refractivity contribution in [3.63, 3.8) is 0 Å². The van der Waals surface area contributed by atoms with E-state index in [2.05, 4.69) is 4.98 Å². The number of aromatic nitrogens is 2. The molecule has 2 heterocycles. The highest BCUT2D eigenvalue weighted by Gasteiger charge is 2.21. The fourth-order valence-corrected chi connectivity index (χ4v) is 3.09. The number of hydrogen-bond donors (Lipinski definition) is 0. The second-order valence-electron chi connectivity index (χ2n) is 5.49. The van der Waals surface area contributed by atoms with Crippen LogP contribution in [-0.4, -0.2) is 23.7 Å². The molecule has 120 valence electrons. The zero-order valence-electron chi connectivity index (χ0n) is 13.1. The van der Waals surface area contributed by atoms with Gasteiger partial charge in [-0.2, -0.15) is 0 Å². The summed E-state index contributed by atoms with van der Waals surface area (Å²) in [6.45, 7) is 0.564. The van der Waals surface area contributed by atoms with Crippen molar-refractivity contribution < 1.29 is 9.47 Å². The van der Waals surface area contributed by atoms with Crippen LogP contribution in [0.3, 0.4) is 0 Å². The van der Waals surface area contributed by atoms with Crippen LogP contribution in [0.2, 0.25) is 5.15 Å². The Labute approximate surface area is 145 Å². The first-order valence-corrected chi connectivity index (χ1v) is 8.07. The first kappa shape index (κ1) is 15.0. The molecule has 1 aliphatic rings. The quantitative estimate of drug-likeness (QED) is 0.649. The van der Waals surface area contributed by atoms with Gasteiger partial charge in [0.05, 0.1) is 19.4 Å². The third-order valence-electron chi connectivity index (χ3n) is 4.06. The summed E-state index contributed by atoms with van der Waals surface area (Å²) in [5.41, 5.74) is 3.61. The molecule has 0 bridgehead atoms. The summed E-state index contributed by atoms with van der Waals surface area (Å²) in [4.78, 5) is 9.27. The minimum Gasteiger partial charge on any atom is -0.497 e. The van der Waals surface area contributed by atoms with Crippen molar-refractivity contribution in [3.8, 4) is 34.1 Å². The Hall–Kier alpha value is -2.59. The Kier molecular flexibility index (Phi) is 3.82. The second-order valence-corrected chi connectivity index (χ2v) is 5.85. The standard InChI is InChI=1S/C19H15ClN2O2/c1-23-13-8-6-12(7-9-13)19-21-17-14-4-2-3-5-16(14)24-11-10-15(17)18(20)22-19/h2-9H,10-11H2,1H3. The third kappa shape index (κ3) is 2.59. The van der Waals surface area contributed by atoms with Crippen molar-refractivity contribution in [1.29, 1.82) is 0 Å². The molecule has 0 radical (unpaired) electrons. The summed E-state index contributed by atoms with van der Waals surface area (Å²) < 4.78 is 11.0. The summed E-state index contributed by atoms with van der Waals surface area (Å²) in [5, 5.41) is 0.478. The SMILES string of the molecule is COc1ccc(-c2nc(Cl)c3c(n2)-c2ccccc2OCC3)cc1. The van der Waals surface area contributed by atoms with E-state index in [1.807, 2.05) is 48.5 Å². The van der Waals surface area contributed by atoms with E-state index in [9.17, 15) is 0 Å². The maximum atomic E-state index is 6.46. The Bertz CT molecular complexity index is 894. The van der Waals surface area contributed by atoms with Gasteiger partial charge in [-0.25, -0.2) is 9.97 Å². The van der Waals surface area contributed by atoms with Gasteiger partial charge in [0.25, 0.3) is 0 Å². The molecule has 2 aromatic carbocycles. The maximum Gasteiger partial charge on any atom is 0.161 e. The number of halogens is 1. The summed E-state index contributed by atoms with van der Waals surface area (Å²) in [6.07, 6.45) is 0.686. The van der Waals surface area contributed by atoms with Crippen LogP contribution in [-0.2, 0) is 6.42 Å². The molecule has 0 amide bonds. The molecule has 5 heteroatoms. The van der Waals surface area contributed by atoms with Crippen molar-refractivity contribution in [3.05, 3.63) is 59.2 Å². The smallest absolute Gasteiger partial charge is 0.161 e. The first-order chi connectivity index (χ1) is 11.8. The zero-order valence-corrected chi connectivity index (χ0v) is 13.9. The molecule has 0 spiro atoms. The van der Waals surface area contributed by atoms with Gasteiger partial charge in [0.2, 0.25) is 0 Å². The van der Waals surface area contributed by atoms with Gasteiger partial charge < -0.3 is 9.47 Å². The predicted octanol–water partition coefficient (Wildman–Crippen LogP) is 4.41. The van der Waals surface area contributed by atoms with Gasteiger partial charge in [-0.05, 0) is 36.4 Å². The predicted molar refractivity (Wildman–Crippen MR) is 93.7 cm³/mol. The van der Waals surface area contributed by atoms with Crippen molar-refractivity contribution in [2.45, 2.75) is 6.42 Å². The Morgan fingerprint density at radius 3 is 2.62 bits per heavy atom. The number of benzene rings is 2. The van der Waals surface area contributed by atoms with Gasteiger partial charge in [-0.15, -0.1) is 0 Å². The average Bonchev–Trinajstić information content (AvgIpc) is 2.82. The second kappa shape index (κ2) is 6.13. The number of nitrogens with zero attached hydrogens (tertiary/aromatic N) is 2. The monoisotopic (exact) mass is 338 g/mol. The fourth-order valence-electron chi connectivity index (χ4n) is 2.82. The van der Waals surface area contributed by atoms with Crippen molar-refractivity contribution in [2.75, 3.05) is 13.7 Å². The van der Waals surface area contributed by atoms with Crippen molar-refractivity contribution >= 4 is 11.6 Å². The molecule has 3 aromatic rings. The topological polar surface area (TPSA) is 44.2 Å². The van der Waals surface area contributed by atoms with Gasteiger partial charge in [-0.3, -0.25) is 0 Å². The molecule has 0 aliphatic carbocycles. The lowest BCUT2D eigenvalue weighted by Crippen LogP contribution is -2.02. The van der Waals surface area contributed by atoms with E-state index in [0.717, 1.165) is 33.9 Å². The van der Waals surface area contributed by atoms with E-state index in [1.165, 1.54) is 0 Å². The Morgan fingerprint density at radius 2 is 1.83 bits per heavy atom. The number of methoxy groups -OCH3 is 1. The molecule has 0 fully saturated rings. The average molecular weight is 339 g/mol. The molecule has 1 aromatic heterocycles. The number of rotatable bonds is 2. The van der Waals surface area contributed by atoms with Crippen LogP contribution < -0.4 is 9.47 Å². The van der Waals surface area contributed by atoms with Crippen LogP contribution in [0, 0.1) is 0 Å². The highest BCUT2D eigenvalue weighted by Crippen LogP contribution is 2.37. The molecule has 0 saturated heterocycles. The van der Waals surface area contributed by atoms with Crippen LogP contribution in [0.5, 0.6) is 11.5 Å². The van der Waals surface area contributed by atoms with E-state index < -0.39 is 0 Å². The minimum atomic E-state index is 0.478. The largest absolute Gasteiger partial charge is 0.497 e. The third-order valence-corrected chi connectivity index (χ3v) is 4.37. The molecular weight excluding hydrogens is 324 g/mol. The Balaban J connectivity index is 1.89. The molecule has 24 heavy (non-hydrogen) atoms. The minimum absolute atomic E-state index is 0.478. The number of hydrogen-bond acceptors (Lipinski definition) is 4. The fraction of sp³-hybridized carbons (Fsp3) is 0.158. The van der Waals surface area contributed by atoms with Crippen LogP contribution in [0.1, 0.15) is 5.56 Å². The summed E-state index contributed by atoms with van der Waals surface area (Å²) in [7, 11) is 1.64. The molecule has 4 nitrogen and oxygen atoms in total. The van der Waals surface area contributed by atoms with Gasteiger partial charge >= 0.3 is 0 Å². The van der Waals surface area contributed by atoms with Crippen molar-refractivity contribution in [2.24, 2.45) is 0 Å². The van der Waals surface area contributed by atoms with Crippen LogP contribution in [0.4, 0.5) is 0 Å². The highest BCUT2D eigenvalue weighted by atomic mass is 35.5. The van der Waals surface area contributed by atoms with E-state index in [-0.39, 0.29) is 0 Å². The van der Waals surface area contributed by atoms with Gasteiger partial charge in [-0.1, -0.05) is 23.7 Å². The first-order valence-electron chi connectivity index (χ1n) is 7.69. The van der Waals surface area contributed by atoms with Gasteiger partial charge in [0.1, 0.15) is 16.7 Å². The Morgan fingerprint density at radius 1 is 1.04 bits per heavy atom. The maximum absolute atomic E-state index is 6.46. The van der Waals surface area contributed by atoms with E-state index >= 15 is 0 Å². The van der Waals surface area contributed by atoms with E-state index in [0.29, 0.717) is 24.0 Å². The number of para-hydroxylation sites is 1. The lowest BCUT2D eigenvalue weighted by molar-refractivity contribution is 0.326. The molecule has 0 atom stereocenters. The normalized spacial score (nSPS) is 12.6. The molecule has 0 unspecified atom stereocenters. The number of fused-ring (bicyclic) bond motifs is 3. The van der Waals surface area contributed by atoms with E-state index in [4.69, 9.17) is 26.1 Å². The highest BCUT2D eigenvalue weighted by molar-refractivity contribution is 6.30. The summed E-state index contributed by atoms with van der Waals surface area (Å²) >= 11 is 6.46. The summed E-state index contributed by atoms with van der Waals surface area (Å²) in [5.74, 6) is 2.21. The van der Waals surface area contributed by atoms with E-state index in [1.54, 1.807) is 7.11 Å². The molecule has 1 aliphatic heterocycles. The molecular formula is C19H15ClN2O2. The molecule has 0 N–H and O–H groups in total. The lowest BCUT2D eigenvalue weighted by Gasteiger charge is -2.11. The van der Waals surface area contributed by atoms with Crippen molar-refractivity contribution in [1.82, 2.24) is 9.97 Å². The number of ether oxygens (including phenoxy) is 2. The van der Waals surface area contributed by atoms with Gasteiger partial charge in [0, 0.05) is 23.1 Å². The molecule has 0 saturated carbocycles. The molecule has 4 rings (SSSR count). The lowest BCUT2D eigenvalue weighted by atomic mass is 10.0. The van der Waals surface area contributed by atoms with Crippen LogP contribution in [0.25, 0.3) is 22.6 Å². The van der Waals surface area contributed by atoms with Gasteiger partial charge in [0.15, 0.2) is 5.82 Å². The van der Waals surface area contributed by atoms with Crippen LogP contribution in [0.15, 0.2) is 48.5 Å². The summed E-state index contributed by atoms with van der Waals surface area (Å²) in [6, 6.07) is 15.5. The zero-order chi connectivity index (χ0) is 16.5.